The Bertz CT molecular complexity index is 240. The highest BCUT2D eigenvalue weighted by Gasteiger charge is 2.29. The molecule has 0 aliphatic carbocycles. The minimum atomic E-state index is -1.87. The van der Waals surface area contributed by atoms with E-state index in [0.29, 0.717) is 0 Å². The fourth-order valence-electron chi connectivity index (χ4n) is 0.774. The van der Waals surface area contributed by atoms with Gasteiger partial charge in [0.2, 0.25) is 0 Å². The lowest BCUT2D eigenvalue weighted by atomic mass is 10.0. The third-order valence-electron chi connectivity index (χ3n) is 1.59. The van der Waals surface area contributed by atoms with Crippen LogP contribution in [0.15, 0.2) is 5.11 Å². The topological polar surface area (TPSA) is 147 Å². The number of nitrogens with zero attached hydrogens (tertiary/aromatic N) is 3. The van der Waals surface area contributed by atoms with Gasteiger partial charge >= 0.3 is 0 Å². The van der Waals surface area contributed by atoms with E-state index in [-0.39, 0.29) is 0 Å². The molecule has 0 bridgehead atoms. The number of aliphatic hydroxyl groups excluding tert-OH is 4. The minimum absolute atomic E-state index is 0.707. The molecular weight excluding hydrogens is 194 g/mol. The Labute approximate surface area is 79.0 Å². The number of aliphatic hydroxyl groups is 4. The van der Waals surface area contributed by atoms with Crippen LogP contribution < -0.4 is 0 Å². The predicted octanol–water partition coefficient (Wildman–Crippen LogP) is -2.06. The van der Waals surface area contributed by atoms with Crippen LogP contribution in [0.5, 0.6) is 0 Å². The van der Waals surface area contributed by atoms with E-state index in [2.05, 4.69) is 10.0 Å². The van der Waals surface area contributed by atoms with Crippen molar-refractivity contribution in [3.63, 3.8) is 0 Å². The second-order valence-corrected chi connectivity index (χ2v) is 2.51. The minimum Gasteiger partial charge on any atom is -0.396 e. The number of rotatable bonds is 6. The van der Waals surface area contributed by atoms with Crippen LogP contribution in [0.25, 0.3) is 10.4 Å². The lowest BCUT2D eigenvalue weighted by Crippen LogP contribution is -2.43. The molecule has 0 amide bonds. The molecule has 0 fully saturated rings. The largest absolute Gasteiger partial charge is 0.396 e. The van der Waals surface area contributed by atoms with Crippen LogP contribution in [0.2, 0.25) is 0 Å². The Hall–Kier alpha value is -1.18. The molecule has 0 heterocycles. The highest BCUT2D eigenvalue weighted by atomic mass is 16.3. The zero-order chi connectivity index (χ0) is 11.1. The zero-order valence-corrected chi connectivity index (χ0v) is 7.19. The molecule has 0 aromatic rings. The van der Waals surface area contributed by atoms with E-state index in [1.54, 1.807) is 0 Å². The maximum Gasteiger partial charge on any atom is 0.189 e. The number of hydrogen-bond donors (Lipinski definition) is 4. The molecule has 3 atom stereocenters. The number of azide groups is 1. The molecule has 0 aromatic heterocycles. The van der Waals surface area contributed by atoms with Crippen LogP contribution in [-0.2, 0) is 4.79 Å². The SMILES string of the molecule is [N-]=[N+]=NC(CO)C(O)C(O)C(=O)CO. The second-order valence-electron chi connectivity index (χ2n) is 2.51. The third-order valence-corrected chi connectivity index (χ3v) is 1.59. The van der Waals surface area contributed by atoms with Crippen molar-refractivity contribution in [2.75, 3.05) is 13.2 Å². The fourth-order valence-corrected chi connectivity index (χ4v) is 0.774. The van der Waals surface area contributed by atoms with Gasteiger partial charge in [0, 0.05) is 4.91 Å². The summed E-state index contributed by atoms with van der Waals surface area (Å²) in [7, 11) is 0. The molecule has 8 nitrogen and oxygen atoms in total. The Balaban J connectivity index is 4.48. The maximum atomic E-state index is 10.7. The highest BCUT2D eigenvalue weighted by Crippen LogP contribution is 2.05. The fraction of sp³-hybridized carbons (Fsp3) is 0.833. The van der Waals surface area contributed by atoms with E-state index in [0.717, 1.165) is 0 Å². The Morgan fingerprint density at radius 2 is 2.00 bits per heavy atom. The molecule has 0 aromatic carbocycles. The summed E-state index contributed by atoms with van der Waals surface area (Å²) in [6, 6.07) is -1.31. The summed E-state index contributed by atoms with van der Waals surface area (Å²) in [5.74, 6) is -1.01. The number of carbonyl (C=O) groups excluding carboxylic acids is 1. The maximum absolute atomic E-state index is 10.7. The summed E-state index contributed by atoms with van der Waals surface area (Å²) in [5, 5.41) is 38.2. The third kappa shape index (κ3) is 3.29. The Kier molecular flexibility index (Phi) is 5.77. The van der Waals surface area contributed by atoms with Gasteiger partial charge in [-0.25, -0.2) is 0 Å². The van der Waals surface area contributed by atoms with Crippen molar-refractivity contribution in [1.29, 1.82) is 0 Å². The zero-order valence-electron chi connectivity index (χ0n) is 7.19. The Morgan fingerprint density at radius 1 is 1.43 bits per heavy atom. The molecule has 0 rings (SSSR count). The van der Waals surface area contributed by atoms with Crippen molar-refractivity contribution in [2.45, 2.75) is 18.2 Å². The summed E-state index contributed by atoms with van der Waals surface area (Å²) < 4.78 is 0. The van der Waals surface area contributed by atoms with Gasteiger partial charge in [0.15, 0.2) is 5.78 Å². The van der Waals surface area contributed by atoms with Crippen LogP contribution in [-0.4, -0.2) is 57.7 Å². The van der Waals surface area contributed by atoms with Crippen LogP contribution in [0, 0.1) is 0 Å². The highest BCUT2D eigenvalue weighted by molar-refractivity contribution is 5.84. The standard InChI is InChI=1S/C6H11N3O5/c7-9-8-3(1-10)5(13)6(14)4(12)2-11/h3,5-6,10-11,13-14H,1-2H2. The average Bonchev–Trinajstić information content (AvgIpc) is 2.22. The molecule has 0 spiro atoms. The van der Waals surface area contributed by atoms with Crippen molar-refractivity contribution in [1.82, 2.24) is 0 Å². The first-order valence-electron chi connectivity index (χ1n) is 3.73. The second kappa shape index (κ2) is 6.30. The normalized spacial score (nSPS) is 16.6. The van der Waals surface area contributed by atoms with E-state index < -0.39 is 37.2 Å². The average molecular weight is 205 g/mol. The van der Waals surface area contributed by atoms with Gasteiger partial charge in [-0.3, -0.25) is 4.79 Å². The summed E-state index contributed by atoms with van der Waals surface area (Å²) in [4.78, 5) is 13.0. The molecule has 0 aliphatic rings. The molecule has 14 heavy (non-hydrogen) atoms. The first-order valence-corrected chi connectivity index (χ1v) is 3.73. The van der Waals surface area contributed by atoms with Gasteiger partial charge < -0.3 is 20.4 Å². The molecular formula is C6H11N3O5. The lowest BCUT2D eigenvalue weighted by molar-refractivity contribution is -0.136. The smallest absolute Gasteiger partial charge is 0.189 e. The van der Waals surface area contributed by atoms with Crippen molar-refractivity contribution >= 4 is 5.78 Å². The van der Waals surface area contributed by atoms with Gasteiger partial charge in [0.25, 0.3) is 0 Å². The van der Waals surface area contributed by atoms with E-state index >= 15 is 0 Å². The predicted molar refractivity (Wildman–Crippen MR) is 44.1 cm³/mol. The van der Waals surface area contributed by atoms with Gasteiger partial charge in [-0.05, 0) is 5.53 Å². The molecule has 4 N–H and O–H groups in total. The van der Waals surface area contributed by atoms with E-state index in [9.17, 15) is 9.90 Å². The van der Waals surface area contributed by atoms with Crippen LogP contribution in [0.3, 0.4) is 0 Å². The molecule has 0 saturated heterocycles. The first-order chi connectivity index (χ1) is 6.58. The van der Waals surface area contributed by atoms with Gasteiger partial charge in [-0.15, -0.1) is 0 Å². The lowest BCUT2D eigenvalue weighted by Gasteiger charge is -2.20. The molecule has 0 saturated carbocycles. The van der Waals surface area contributed by atoms with E-state index in [4.69, 9.17) is 20.9 Å². The summed E-state index contributed by atoms with van der Waals surface area (Å²) in [6.07, 6.45) is -3.60. The summed E-state index contributed by atoms with van der Waals surface area (Å²) >= 11 is 0. The van der Waals surface area contributed by atoms with Crippen molar-refractivity contribution in [2.24, 2.45) is 5.11 Å². The van der Waals surface area contributed by atoms with E-state index in [1.807, 2.05) is 0 Å². The molecule has 8 heteroatoms. The number of carbonyl (C=O) groups is 1. The summed E-state index contributed by atoms with van der Waals surface area (Å²) in [5.41, 5.74) is 8.01. The van der Waals surface area contributed by atoms with Crippen LogP contribution in [0.4, 0.5) is 0 Å². The van der Waals surface area contributed by atoms with E-state index in [1.165, 1.54) is 0 Å². The van der Waals surface area contributed by atoms with Crippen LogP contribution in [0.1, 0.15) is 0 Å². The molecule has 0 aliphatic heterocycles. The number of Topliss-reactive ketones (excluding diaryl/α,β-unsaturated/α-hetero) is 1. The summed E-state index contributed by atoms with van der Waals surface area (Å²) in [6.45, 7) is -1.65. The molecule has 3 unspecified atom stereocenters. The Morgan fingerprint density at radius 3 is 2.36 bits per heavy atom. The molecule has 80 valence electrons. The monoisotopic (exact) mass is 205 g/mol. The first kappa shape index (κ1) is 12.8. The molecule has 0 radical (unpaired) electrons. The van der Waals surface area contributed by atoms with Gasteiger partial charge in [-0.2, -0.15) is 0 Å². The van der Waals surface area contributed by atoms with Crippen molar-refractivity contribution in [3.05, 3.63) is 10.4 Å². The van der Waals surface area contributed by atoms with Crippen molar-refractivity contribution in [3.8, 4) is 0 Å². The van der Waals surface area contributed by atoms with Crippen molar-refractivity contribution < 1.29 is 25.2 Å². The van der Waals surface area contributed by atoms with Crippen LogP contribution >= 0.6 is 0 Å². The quantitative estimate of drug-likeness (QED) is 0.223. The van der Waals surface area contributed by atoms with Gasteiger partial charge in [0.05, 0.1) is 18.8 Å². The van der Waals surface area contributed by atoms with Gasteiger partial charge in [-0.1, -0.05) is 5.11 Å². The number of hydrogen-bond acceptors (Lipinski definition) is 6. The number of ketones is 1. The van der Waals surface area contributed by atoms with Gasteiger partial charge in [0.1, 0.15) is 12.7 Å².